The van der Waals surface area contributed by atoms with E-state index in [1.165, 1.54) is 0 Å². The number of carboxylic acids is 1. The van der Waals surface area contributed by atoms with Crippen LogP contribution in [0.2, 0.25) is 0 Å². The van der Waals surface area contributed by atoms with Crippen molar-refractivity contribution in [3.05, 3.63) is 45.3 Å². The Labute approximate surface area is 105 Å². The molecule has 0 fully saturated rings. The van der Waals surface area contributed by atoms with Crippen molar-refractivity contribution in [1.82, 2.24) is 5.32 Å². The van der Waals surface area contributed by atoms with Crippen LogP contribution in [0.3, 0.4) is 0 Å². The second-order valence-corrected chi connectivity index (χ2v) is 4.10. The predicted molar refractivity (Wildman–Crippen MR) is 68.3 cm³/mol. The van der Waals surface area contributed by atoms with Crippen LogP contribution in [0, 0.1) is 13.8 Å². The van der Waals surface area contributed by atoms with Crippen molar-refractivity contribution in [2.45, 2.75) is 19.9 Å². The standard InChI is InChI=1S/C12H16N4O2/c1-8-5-9(2)7-10(6-8)11(12(17)18)14-3-4-15-16-13/h5-7,11,14H,3-4H2,1-2H3,(H,17,18). The van der Waals surface area contributed by atoms with E-state index in [1.807, 2.05) is 32.0 Å². The molecule has 1 aromatic rings. The minimum absolute atomic E-state index is 0.227. The smallest absolute Gasteiger partial charge is 0.325 e. The maximum absolute atomic E-state index is 11.2. The van der Waals surface area contributed by atoms with Crippen molar-refractivity contribution in [3.8, 4) is 0 Å². The molecule has 0 aliphatic heterocycles. The van der Waals surface area contributed by atoms with Gasteiger partial charge in [0.15, 0.2) is 0 Å². The van der Waals surface area contributed by atoms with Crippen molar-refractivity contribution < 1.29 is 9.90 Å². The van der Waals surface area contributed by atoms with Crippen LogP contribution in [0.1, 0.15) is 22.7 Å². The highest BCUT2D eigenvalue weighted by molar-refractivity contribution is 5.75. The molecule has 1 rings (SSSR count). The number of carboxylic acid groups (broad SMARTS) is 1. The molecule has 0 heterocycles. The second kappa shape index (κ2) is 6.64. The molecular formula is C12H16N4O2. The van der Waals surface area contributed by atoms with Gasteiger partial charge in [0.25, 0.3) is 0 Å². The minimum Gasteiger partial charge on any atom is -0.480 e. The largest absolute Gasteiger partial charge is 0.480 e. The molecular weight excluding hydrogens is 232 g/mol. The highest BCUT2D eigenvalue weighted by Gasteiger charge is 2.19. The van der Waals surface area contributed by atoms with Crippen molar-refractivity contribution in [1.29, 1.82) is 0 Å². The Kier molecular flexibility index (Phi) is 5.17. The number of aryl methyl sites for hydroxylation is 2. The van der Waals surface area contributed by atoms with E-state index in [2.05, 4.69) is 15.3 Å². The summed E-state index contributed by atoms with van der Waals surface area (Å²) in [7, 11) is 0. The van der Waals surface area contributed by atoms with E-state index in [-0.39, 0.29) is 6.54 Å². The molecule has 0 radical (unpaired) electrons. The van der Waals surface area contributed by atoms with Gasteiger partial charge in [-0.1, -0.05) is 34.4 Å². The van der Waals surface area contributed by atoms with E-state index in [0.29, 0.717) is 12.1 Å². The van der Waals surface area contributed by atoms with Crippen molar-refractivity contribution >= 4 is 5.97 Å². The molecule has 6 heteroatoms. The number of aliphatic carboxylic acids is 1. The van der Waals surface area contributed by atoms with Crippen LogP contribution in [-0.2, 0) is 4.79 Å². The maximum atomic E-state index is 11.2. The summed E-state index contributed by atoms with van der Waals surface area (Å²) in [6.07, 6.45) is 0. The van der Waals surface area contributed by atoms with E-state index < -0.39 is 12.0 Å². The Balaban J connectivity index is 2.83. The van der Waals surface area contributed by atoms with Gasteiger partial charge < -0.3 is 10.4 Å². The minimum atomic E-state index is -0.944. The van der Waals surface area contributed by atoms with Gasteiger partial charge in [0, 0.05) is 18.0 Å². The van der Waals surface area contributed by atoms with Crippen LogP contribution in [0.5, 0.6) is 0 Å². The molecule has 0 amide bonds. The summed E-state index contributed by atoms with van der Waals surface area (Å²) >= 11 is 0. The lowest BCUT2D eigenvalue weighted by Gasteiger charge is -2.15. The summed E-state index contributed by atoms with van der Waals surface area (Å²) in [6.45, 7) is 4.41. The quantitative estimate of drug-likeness (QED) is 0.350. The Morgan fingerprint density at radius 1 is 1.44 bits per heavy atom. The molecule has 0 spiro atoms. The number of nitrogens with one attached hydrogen (secondary N) is 1. The fourth-order valence-electron chi connectivity index (χ4n) is 1.83. The lowest BCUT2D eigenvalue weighted by atomic mass is 10.0. The van der Waals surface area contributed by atoms with Gasteiger partial charge in [0.1, 0.15) is 6.04 Å². The molecule has 18 heavy (non-hydrogen) atoms. The number of carbonyl (C=O) groups is 1. The maximum Gasteiger partial charge on any atom is 0.325 e. The monoisotopic (exact) mass is 248 g/mol. The van der Waals surface area contributed by atoms with E-state index in [9.17, 15) is 9.90 Å². The molecule has 2 N–H and O–H groups in total. The molecule has 0 saturated carbocycles. The van der Waals surface area contributed by atoms with Crippen LogP contribution in [0.25, 0.3) is 10.4 Å². The summed E-state index contributed by atoms with van der Waals surface area (Å²) < 4.78 is 0. The molecule has 0 aliphatic rings. The van der Waals surface area contributed by atoms with Crippen molar-refractivity contribution in [2.24, 2.45) is 5.11 Å². The third kappa shape index (κ3) is 4.08. The van der Waals surface area contributed by atoms with Gasteiger partial charge in [-0.05, 0) is 24.9 Å². The molecule has 96 valence electrons. The fraction of sp³-hybridized carbons (Fsp3) is 0.417. The Morgan fingerprint density at radius 3 is 2.56 bits per heavy atom. The normalized spacial score (nSPS) is 11.7. The molecule has 1 aromatic carbocycles. The molecule has 0 bridgehead atoms. The zero-order valence-electron chi connectivity index (χ0n) is 10.4. The highest BCUT2D eigenvalue weighted by atomic mass is 16.4. The first-order chi connectivity index (χ1) is 8.54. The summed E-state index contributed by atoms with van der Waals surface area (Å²) in [5.41, 5.74) is 10.9. The number of hydrogen-bond acceptors (Lipinski definition) is 3. The number of rotatable bonds is 6. The predicted octanol–water partition coefficient (Wildman–Crippen LogP) is 2.33. The Hall–Kier alpha value is -2.04. The molecule has 0 saturated heterocycles. The summed E-state index contributed by atoms with van der Waals surface area (Å²) in [4.78, 5) is 13.8. The van der Waals surface area contributed by atoms with Crippen LogP contribution in [0.4, 0.5) is 0 Å². The third-order valence-electron chi connectivity index (χ3n) is 2.45. The SMILES string of the molecule is Cc1cc(C)cc(C(NCCN=[N+]=[N-])C(=O)O)c1. The molecule has 0 aromatic heterocycles. The topological polar surface area (TPSA) is 98.1 Å². The van der Waals surface area contributed by atoms with Crippen LogP contribution in [-0.4, -0.2) is 24.2 Å². The van der Waals surface area contributed by atoms with E-state index in [0.717, 1.165) is 11.1 Å². The molecule has 1 unspecified atom stereocenters. The third-order valence-corrected chi connectivity index (χ3v) is 2.45. The van der Waals surface area contributed by atoms with Crippen molar-refractivity contribution in [3.63, 3.8) is 0 Å². The zero-order valence-corrected chi connectivity index (χ0v) is 10.4. The Morgan fingerprint density at radius 2 is 2.06 bits per heavy atom. The zero-order chi connectivity index (χ0) is 13.5. The Bertz CT molecular complexity index is 461. The number of azide groups is 1. The van der Waals surface area contributed by atoms with Gasteiger partial charge in [0.05, 0.1) is 0 Å². The number of hydrogen-bond donors (Lipinski definition) is 2. The van der Waals surface area contributed by atoms with Gasteiger partial charge in [-0.3, -0.25) is 4.79 Å². The highest BCUT2D eigenvalue weighted by Crippen LogP contribution is 2.17. The molecule has 1 atom stereocenters. The van der Waals surface area contributed by atoms with Gasteiger partial charge >= 0.3 is 5.97 Å². The van der Waals surface area contributed by atoms with Gasteiger partial charge in [-0.2, -0.15) is 0 Å². The van der Waals surface area contributed by atoms with Gasteiger partial charge in [-0.15, -0.1) is 0 Å². The lowest BCUT2D eigenvalue weighted by Crippen LogP contribution is -2.30. The molecule has 6 nitrogen and oxygen atoms in total. The first kappa shape index (κ1) is 14.0. The van der Waals surface area contributed by atoms with Crippen LogP contribution >= 0.6 is 0 Å². The van der Waals surface area contributed by atoms with E-state index in [1.54, 1.807) is 0 Å². The fourth-order valence-corrected chi connectivity index (χ4v) is 1.83. The van der Waals surface area contributed by atoms with Gasteiger partial charge in [0.2, 0.25) is 0 Å². The molecule has 0 aliphatic carbocycles. The summed E-state index contributed by atoms with van der Waals surface area (Å²) in [5.74, 6) is -0.944. The average molecular weight is 248 g/mol. The van der Waals surface area contributed by atoms with E-state index in [4.69, 9.17) is 5.53 Å². The summed E-state index contributed by atoms with van der Waals surface area (Å²) in [5, 5.41) is 15.4. The lowest BCUT2D eigenvalue weighted by molar-refractivity contribution is -0.139. The average Bonchev–Trinajstić information content (AvgIpc) is 2.27. The number of benzene rings is 1. The van der Waals surface area contributed by atoms with Crippen LogP contribution < -0.4 is 5.32 Å². The second-order valence-electron chi connectivity index (χ2n) is 4.10. The van der Waals surface area contributed by atoms with Crippen molar-refractivity contribution in [2.75, 3.05) is 13.1 Å². The number of nitrogens with zero attached hydrogens (tertiary/aromatic N) is 3. The van der Waals surface area contributed by atoms with E-state index >= 15 is 0 Å². The van der Waals surface area contributed by atoms with Crippen LogP contribution in [0.15, 0.2) is 23.3 Å². The first-order valence-electron chi connectivity index (χ1n) is 5.60. The van der Waals surface area contributed by atoms with Gasteiger partial charge in [-0.25, -0.2) is 0 Å². The summed E-state index contributed by atoms with van der Waals surface area (Å²) in [6, 6.07) is 4.89. The first-order valence-corrected chi connectivity index (χ1v) is 5.60.